The molecule has 0 heterocycles. The van der Waals surface area contributed by atoms with Crippen LogP contribution in [-0.4, -0.2) is 0 Å². The molecule has 0 radical (unpaired) electrons. The van der Waals surface area contributed by atoms with Crippen LogP contribution in [0.4, 0.5) is 0 Å². The third-order valence-electron chi connectivity index (χ3n) is 1.01. The predicted molar refractivity (Wildman–Crippen MR) is 37.5 cm³/mol. The molecule has 0 nitrogen and oxygen atoms in total. The molecule has 0 atom stereocenters. The number of hydrogen-bond donors (Lipinski definition) is 0. The van der Waals surface area contributed by atoms with E-state index in [-0.39, 0.29) is 68.9 Å². The summed E-state index contributed by atoms with van der Waals surface area (Å²) in [5.41, 5.74) is 1.22. The first-order valence-electron chi connectivity index (χ1n) is 2.55. The molecule has 0 aliphatic rings. The standard InChI is InChI=1S/C7H8S.Cs/c8-6-7-4-2-1-3-5-7;/h1-5,8H,6H2;/q;+1/p-1. The van der Waals surface area contributed by atoms with Gasteiger partial charge in [0.15, 0.2) is 0 Å². The monoisotopic (exact) mass is 256 g/mol. The molecule has 0 fully saturated rings. The molecule has 0 bridgehead atoms. The van der Waals surface area contributed by atoms with Crippen molar-refractivity contribution in [2.75, 3.05) is 0 Å². The van der Waals surface area contributed by atoms with Crippen molar-refractivity contribution >= 4 is 12.6 Å². The van der Waals surface area contributed by atoms with E-state index >= 15 is 0 Å². The van der Waals surface area contributed by atoms with Crippen LogP contribution < -0.4 is 68.9 Å². The molecule has 9 heavy (non-hydrogen) atoms. The molecule has 0 amide bonds. The number of rotatable bonds is 1. The maximum Gasteiger partial charge on any atom is 1.00 e. The van der Waals surface area contributed by atoms with E-state index in [1.807, 2.05) is 30.3 Å². The normalized spacial score (nSPS) is 8.11. The predicted octanol–water partition coefficient (Wildman–Crippen LogP) is -1.26. The second-order valence-corrected chi connectivity index (χ2v) is 1.92. The average Bonchev–Trinajstić information content (AvgIpc) is 1.90. The Labute approximate surface area is 120 Å². The summed E-state index contributed by atoms with van der Waals surface area (Å²) in [6.07, 6.45) is 0. The van der Waals surface area contributed by atoms with Gasteiger partial charge in [-0.25, -0.2) is 0 Å². The maximum atomic E-state index is 4.82. The molecule has 0 N–H and O–H groups in total. The van der Waals surface area contributed by atoms with E-state index in [2.05, 4.69) is 0 Å². The quantitative estimate of drug-likeness (QED) is 0.565. The Kier molecular flexibility index (Phi) is 7.48. The van der Waals surface area contributed by atoms with Crippen molar-refractivity contribution in [3.05, 3.63) is 35.9 Å². The van der Waals surface area contributed by atoms with Gasteiger partial charge in [0.05, 0.1) is 0 Å². The molecule has 1 rings (SSSR count). The van der Waals surface area contributed by atoms with E-state index in [1.165, 1.54) is 5.56 Å². The molecule has 0 unspecified atom stereocenters. The van der Waals surface area contributed by atoms with Gasteiger partial charge in [-0.05, 0) is 0 Å². The minimum absolute atomic E-state index is 0. The summed E-state index contributed by atoms with van der Waals surface area (Å²) >= 11 is 4.82. The Morgan fingerprint density at radius 1 is 1.11 bits per heavy atom. The molecule has 0 aromatic heterocycles. The molecule has 0 aliphatic heterocycles. The van der Waals surface area contributed by atoms with Gasteiger partial charge in [-0.2, -0.15) is 5.75 Å². The number of benzene rings is 1. The van der Waals surface area contributed by atoms with E-state index in [4.69, 9.17) is 12.6 Å². The van der Waals surface area contributed by atoms with Crippen molar-refractivity contribution in [1.82, 2.24) is 0 Å². The van der Waals surface area contributed by atoms with Crippen LogP contribution in [0.3, 0.4) is 0 Å². The van der Waals surface area contributed by atoms with E-state index in [0.717, 1.165) is 5.75 Å². The van der Waals surface area contributed by atoms with E-state index in [9.17, 15) is 0 Å². The van der Waals surface area contributed by atoms with Crippen LogP contribution in [0.5, 0.6) is 0 Å². The van der Waals surface area contributed by atoms with Gasteiger partial charge < -0.3 is 12.6 Å². The Morgan fingerprint density at radius 3 is 2.00 bits per heavy atom. The Balaban J connectivity index is 0.000000640. The minimum Gasteiger partial charge on any atom is -0.788 e. The topological polar surface area (TPSA) is 0 Å². The Morgan fingerprint density at radius 2 is 1.67 bits per heavy atom. The van der Waals surface area contributed by atoms with Crippen LogP contribution in [0.2, 0.25) is 0 Å². The van der Waals surface area contributed by atoms with Crippen molar-refractivity contribution in [2.24, 2.45) is 0 Å². The van der Waals surface area contributed by atoms with Gasteiger partial charge in [-0.3, -0.25) is 0 Å². The van der Waals surface area contributed by atoms with Crippen LogP contribution in [0.25, 0.3) is 0 Å². The van der Waals surface area contributed by atoms with Crippen LogP contribution in [0.1, 0.15) is 5.56 Å². The smallest absolute Gasteiger partial charge is 0.788 e. The molecule has 42 valence electrons. The van der Waals surface area contributed by atoms with Gasteiger partial charge in [0.1, 0.15) is 0 Å². The van der Waals surface area contributed by atoms with Crippen molar-refractivity contribution in [3.8, 4) is 0 Å². The summed E-state index contributed by atoms with van der Waals surface area (Å²) < 4.78 is 0. The first-order valence-corrected chi connectivity index (χ1v) is 3.13. The van der Waals surface area contributed by atoms with E-state index in [1.54, 1.807) is 0 Å². The van der Waals surface area contributed by atoms with Gasteiger partial charge >= 0.3 is 68.9 Å². The summed E-state index contributed by atoms with van der Waals surface area (Å²) in [6.45, 7) is 0. The van der Waals surface area contributed by atoms with E-state index in [0.29, 0.717) is 0 Å². The fraction of sp³-hybridized carbons (Fsp3) is 0.143. The summed E-state index contributed by atoms with van der Waals surface area (Å²) in [5, 5.41) is 0. The zero-order chi connectivity index (χ0) is 5.82. The SMILES string of the molecule is [Cs+].[S-]Cc1ccccc1. The molecule has 1 aromatic carbocycles. The molecule has 0 aliphatic carbocycles. The zero-order valence-electron chi connectivity index (χ0n) is 5.50. The Bertz CT molecular complexity index is 150. The van der Waals surface area contributed by atoms with Gasteiger partial charge in [0.25, 0.3) is 0 Å². The molecule has 0 spiro atoms. The first-order chi connectivity index (χ1) is 3.93. The summed E-state index contributed by atoms with van der Waals surface area (Å²) in [4.78, 5) is 0. The largest absolute Gasteiger partial charge is 1.00 e. The van der Waals surface area contributed by atoms with Crippen molar-refractivity contribution in [1.29, 1.82) is 0 Å². The van der Waals surface area contributed by atoms with E-state index < -0.39 is 0 Å². The average molecular weight is 256 g/mol. The van der Waals surface area contributed by atoms with Crippen molar-refractivity contribution < 1.29 is 68.9 Å². The van der Waals surface area contributed by atoms with Gasteiger partial charge in [0, 0.05) is 0 Å². The summed E-state index contributed by atoms with van der Waals surface area (Å²) in [7, 11) is 0. The molecular weight excluding hydrogens is 249 g/mol. The van der Waals surface area contributed by atoms with Gasteiger partial charge in [-0.15, -0.1) is 0 Å². The third kappa shape index (κ3) is 4.14. The van der Waals surface area contributed by atoms with Crippen LogP contribution in [0.15, 0.2) is 30.3 Å². The molecule has 2 heteroatoms. The van der Waals surface area contributed by atoms with Crippen molar-refractivity contribution in [2.45, 2.75) is 5.75 Å². The molecular formula is C7H7CsS. The minimum atomic E-state index is 0. The van der Waals surface area contributed by atoms with Gasteiger partial charge in [0.2, 0.25) is 0 Å². The van der Waals surface area contributed by atoms with Crippen LogP contribution >= 0.6 is 0 Å². The van der Waals surface area contributed by atoms with Gasteiger partial charge in [-0.1, -0.05) is 35.9 Å². The van der Waals surface area contributed by atoms with Crippen LogP contribution in [0, 0.1) is 0 Å². The number of hydrogen-bond acceptors (Lipinski definition) is 1. The fourth-order valence-electron chi connectivity index (χ4n) is 0.574. The molecule has 1 aromatic rings. The third-order valence-corrected chi connectivity index (χ3v) is 1.34. The molecule has 0 saturated carbocycles. The second-order valence-electron chi connectivity index (χ2n) is 1.63. The first kappa shape index (κ1) is 10.6. The Hall–Kier alpha value is 1.62. The fourth-order valence-corrected chi connectivity index (χ4v) is 0.767. The zero-order valence-corrected chi connectivity index (χ0v) is 12.6. The summed E-state index contributed by atoms with van der Waals surface area (Å²) in [5.74, 6) is 0.723. The summed E-state index contributed by atoms with van der Waals surface area (Å²) in [6, 6.07) is 10.1. The van der Waals surface area contributed by atoms with Crippen molar-refractivity contribution in [3.63, 3.8) is 0 Å². The molecule has 0 saturated heterocycles. The maximum absolute atomic E-state index is 4.82. The van der Waals surface area contributed by atoms with Crippen LogP contribution in [-0.2, 0) is 18.4 Å². The second kappa shape index (κ2) is 6.34.